The lowest BCUT2D eigenvalue weighted by atomic mass is 9.96. The van der Waals surface area contributed by atoms with Crippen LogP contribution in [0.2, 0.25) is 5.02 Å². The average Bonchev–Trinajstić information content (AvgIpc) is 2.65. The molecule has 1 aliphatic rings. The number of hydrogen-bond donors (Lipinski definition) is 2. The fraction of sp³-hybridized carbons (Fsp3) is 0.389. The molecule has 2 heterocycles. The Labute approximate surface area is 169 Å². The molecule has 1 aliphatic heterocycles. The van der Waals surface area contributed by atoms with E-state index in [0.29, 0.717) is 28.2 Å². The van der Waals surface area contributed by atoms with Gasteiger partial charge >= 0.3 is 0 Å². The number of benzene rings is 1. The molecule has 0 radical (unpaired) electrons. The molecule has 5 nitrogen and oxygen atoms in total. The third-order valence-electron chi connectivity index (χ3n) is 4.16. The van der Waals surface area contributed by atoms with Crippen LogP contribution < -0.4 is 10.6 Å². The van der Waals surface area contributed by atoms with Gasteiger partial charge in [-0.2, -0.15) is 0 Å². The summed E-state index contributed by atoms with van der Waals surface area (Å²) in [5, 5.41) is 15.8. The van der Waals surface area contributed by atoms with Gasteiger partial charge < -0.3 is 10.6 Å². The second kappa shape index (κ2) is 10.7. The topological polar surface area (TPSA) is 66.9 Å². The molecule has 1 atom stereocenters. The van der Waals surface area contributed by atoms with Gasteiger partial charge in [0.1, 0.15) is 5.03 Å². The molecule has 2 aromatic rings. The zero-order valence-electron chi connectivity index (χ0n) is 14.3. The van der Waals surface area contributed by atoms with Gasteiger partial charge in [0.2, 0.25) is 0 Å². The van der Waals surface area contributed by atoms with Crippen LogP contribution >= 0.6 is 35.8 Å². The predicted octanol–water partition coefficient (Wildman–Crippen LogP) is 3.82. The zero-order chi connectivity index (χ0) is 17.5. The van der Waals surface area contributed by atoms with Gasteiger partial charge in [0.05, 0.1) is 5.02 Å². The molecule has 0 aliphatic carbocycles. The summed E-state index contributed by atoms with van der Waals surface area (Å²) in [6.07, 6.45) is 3.44. The summed E-state index contributed by atoms with van der Waals surface area (Å²) in [7, 11) is 0. The Morgan fingerprint density at radius 3 is 2.81 bits per heavy atom. The van der Waals surface area contributed by atoms with Gasteiger partial charge in [0, 0.05) is 11.4 Å². The third kappa shape index (κ3) is 6.13. The summed E-state index contributed by atoms with van der Waals surface area (Å²) in [6, 6.07) is 11.1. The summed E-state index contributed by atoms with van der Waals surface area (Å²) >= 11 is 7.57. The van der Waals surface area contributed by atoms with E-state index in [2.05, 4.69) is 20.8 Å². The number of rotatable bonds is 6. The van der Waals surface area contributed by atoms with E-state index in [0.717, 1.165) is 24.4 Å². The van der Waals surface area contributed by atoms with Crippen LogP contribution in [0.5, 0.6) is 0 Å². The maximum absolute atomic E-state index is 12.2. The number of piperidine rings is 1. The Balaban J connectivity index is 0.00000243. The van der Waals surface area contributed by atoms with E-state index in [4.69, 9.17) is 11.6 Å². The Bertz CT molecular complexity index is 709. The van der Waals surface area contributed by atoms with Gasteiger partial charge in [-0.3, -0.25) is 4.79 Å². The summed E-state index contributed by atoms with van der Waals surface area (Å²) < 4.78 is 0. The molecule has 1 amide bonds. The number of carbonyl (C=O) groups excluding carboxylic acids is 1. The van der Waals surface area contributed by atoms with Gasteiger partial charge in [-0.25, -0.2) is 0 Å². The van der Waals surface area contributed by atoms with Crippen LogP contribution in [0.1, 0.15) is 29.8 Å². The molecule has 0 saturated carbocycles. The Morgan fingerprint density at radius 1 is 1.27 bits per heavy atom. The largest absolute Gasteiger partial charge is 0.351 e. The van der Waals surface area contributed by atoms with Gasteiger partial charge in [0.15, 0.2) is 5.69 Å². The van der Waals surface area contributed by atoms with E-state index >= 15 is 0 Å². The van der Waals surface area contributed by atoms with E-state index in [9.17, 15) is 4.79 Å². The van der Waals surface area contributed by atoms with Crippen molar-refractivity contribution in [1.29, 1.82) is 0 Å². The van der Waals surface area contributed by atoms with Crippen molar-refractivity contribution in [2.75, 3.05) is 19.6 Å². The normalized spacial score (nSPS) is 16.6. The van der Waals surface area contributed by atoms with Crippen LogP contribution in [0.4, 0.5) is 0 Å². The Hall–Kier alpha value is -1.34. The first-order valence-electron chi connectivity index (χ1n) is 8.47. The van der Waals surface area contributed by atoms with Crippen molar-refractivity contribution < 1.29 is 4.79 Å². The highest BCUT2D eigenvalue weighted by Crippen LogP contribution is 2.31. The standard InChI is InChI=1S/C18H21ClN4OS.ClH/c19-14-5-1-2-6-16(14)25-17-8-7-15(22-23-17)18(24)21-11-9-13-4-3-10-20-12-13;/h1-2,5-8,13,20H,3-4,9-12H2,(H,21,24);1H. The minimum absolute atomic E-state index is 0. The fourth-order valence-electron chi connectivity index (χ4n) is 2.79. The van der Waals surface area contributed by atoms with Gasteiger partial charge in [0.25, 0.3) is 5.91 Å². The van der Waals surface area contributed by atoms with E-state index in [1.54, 1.807) is 12.1 Å². The minimum atomic E-state index is -0.175. The van der Waals surface area contributed by atoms with E-state index < -0.39 is 0 Å². The number of nitrogens with zero attached hydrogens (tertiary/aromatic N) is 2. The van der Waals surface area contributed by atoms with Crippen LogP contribution in [0.15, 0.2) is 46.3 Å². The van der Waals surface area contributed by atoms with E-state index in [1.165, 1.54) is 24.6 Å². The van der Waals surface area contributed by atoms with Gasteiger partial charge in [-0.1, -0.05) is 35.5 Å². The van der Waals surface area contributed by atoms with E-state index in [1.807, 2.05) is 24.3 Å². The molecule has 26 heavy (non-hydrogen) atoms. The van der Waals surface area contributed by atoms with Crippen LogP contribution in [0.25, 0.3) is 0 Å². The second-order valence-corrected chi connectivity index (χ2v) is 7.52. The molecule has 1 fully saturated rings. The number of amides is 1. The molecular weight excluding hydrogens is 391 g/mol. The fourth-order valence-corrected chi connectivity index (χ4v) is 3.79. The number of carbonyl (C=O) groups is 1. The van der Waals surface area contributed by atoms with Gasteiger partial charge in [-0.05, 0) is 62.5 Å². The first-order chi connectivity index (χ1) is 12.2. The van der Waals surface area contributed by atoms with E-state index in [-0.39, 0.29) is 18.3 Å². The monoisotopic (exact) mass is 412 g/mol. The summed E-state index contributed by atoms with van der Waals surface area (Å²) in [4.78, 5) is 13.1. The molecule has 0 bridgehead atoms. The smallest absolute Gasteiger partial charge is 0.271 e. The first-order valence-corrected chi connectivity index (χ1v) is 9.67. The van der Waals surface area contributed by atoms with Crippen molar-refractivity contribution in [3.8, 4) is 0 Å². The summed E-state index contributed by atoms with van der Waals surface area (Å²) in [6.45, 7) is 2.82. The molecule has 1 aromatic heterocycles. The molecule has 1 aromatic carbocycles. The average molecular weight is 413 g/mol. The van der Waals surface area contributed by atoms with Crippen LogP contribution in [-0.4, -0.2) is 35.7 Å². The molecular formula is C18H22Cl2N4OS. The third-order valence-corrected chi connectivity index (χ3v) is 5.61. The van der Waals surface area contributed by atoms with Gasteiger partial charge in [-0.15, -0.1) is 22.6 Å². The molecule has 1 unspecified atom stereocenters. The zero-order valence-corrected chi connectivity index (χ0v) is 16.7. The second-order valence-electron chi connectivity index (χ2n) is 6.05. The molecule has 140 valence electrons. The lowest BCUT2D eigenvalue weighted by Gasteiger charge is -2.22. The maximum atomic E-state index is 12.2. The highest BCUT2D eigenvalue weighted by Gasteiger charge is 2.14. The van der Waals surface area contributed by atoms with Crippen molar-refractivity contribution in [1.82, 2.24) is 20.8 Å². The number of halogens is 2. The molecule has 3 rings (SSSR count). The molecule has 2 N–H and O–H groups in total. The molecule has 1 saturated heterocycles. The summed E-state index contributed by atoms with van der Waals surface area (Å²) in [5.41, 5.74) is 0.338. The quantitative estimate of drug-likeness (QED) is 0.754. The van der Waals surface area contributed by atoms with Crippen molar-refractivity contribution in [3.63, 3.8) is 0 Å². The van der Waals surface area contributed by atoms with Crippen molar-refractivity contribution in [2.24, 2.45) is 5.92 Å². The van der Waals surface area contributed by atoms with Crippen molar-refractivity contribution in [2.45, 2.75) is 29.2 Å². The number of hydrogen-bond acceptors (Lipinski definition) is 5. The predicted molar refractivity (Wildman–Crippen MR) is 107 cm³/mol. The highest BCUT2D eigenvalue weighted by atomic mass is 35.5. The van der Waals surface area contributed by atoms with Crippen molar-refractivity contribution in [3.05, 3.63) is 47.1 Å². The Morgan fingerprint density at radius 2 is 2.12 bits per heavy atom. The maximum Gasteiger partial charge on any atom is 0.271 e. The summed E-state index contributed by atoms with van der Waals surface area (Å²) in [5.74, 6) is 0.472. The minimum Gasteiger partial charge on any atom is -0.351 e. The highest BCUT2D eigenvalue weighted by molar-refractivity contribution is 7.99. The molecule has 8 heteroatoms. The SMILES string of the molecule is Cl.O=C(NCCC1CCCNC1)c1ccc(Sc2ccccc2Cl)nn1. The van der Waals surface area contributed by atoms with Crippen LogP contribution in [-0.2, 0) is 0 Å². The lowest BCUT2D eigenvalue weighted by molar-refractivity contribution is 0.0944. The number of nitrogens with one attached hydrogen (secondary N) is 2. The van der Waals surface area contributed by atoms with Crippen LogP contribution in [0.3, 0.4) is 0 Å². The molecule has 0 spiro atoms. The van der Waals surface area contributed by atoms with Crippen LogP contribution in [0, 0.1) is 5.92 Å². The lowest BCUT2D eigenvalue weighted by Crippen LogP contribution is -2.33. The Kier molecular flexibility index (Phi) is 8.65. The first kappa shape index (κ1) is 21.0. The van der Waals surface area contributed by atoms with Crippen molar-refractivity contribution >= 4 is 41.7 Å². The number of aromatic nitrogens is 2.